The summed E-state index contributed by atoms with van der Waals surface area (Å²) in [5.74, 6) is 0. The van der Waals surface area contributed by atoms with Gasteiger partial charge in [-0.25, -0.2) is 9.78 Å². The monoisotopic (exact) mass is 372 g/mol. The second-order valence-corrected chi connectivity index (χ2v) is 8.44. The fourth-order valence-corrected chi connectivity index (χ4v) is 4.66. The van der Waals surface area contributed by atoms with Gasteiger partial charge in [-0.15, -0.1) is 11.3 Å². The average molecular weight is 372 g/mol. The van der Waals surface area contributed by atoms with E-state index in [1.54, 1.807) is 15.9 Å². The molecule has 0 amide bonds. The maximum atomic E-state index is 12.2. The van der Waals surface area contributed by atoms with Gasteiger partial charge in [-0.05, 0) is 39.2 Å². The maximum absolute atomic E-state index is 12.2. The number of nitrogens with zero attached hydrogens (tertiary/aromatic N) is 2. The molecule has 6 nitrogen and oxygen atoms in total. The first-order valence-electron chi connectivity index (χ1n) is 9.10. The number of aromatic nitrogens is 3. The molecule has 0 saturated carbocycles. The number of hydrogen-bond donors (Lipinski definition) is 3. The van der Waals surface area contributed by atoms with Crippen LogP contribution < -0.4 is 11.0 Å². The van der Waals surface area contributed by atoms with Crippen LogP contribution in [-0.2, 0) is 13.0 Å². The quantitative estimate of drug-likeness (QED) is 0.643. The van der Waals surface area contributed by atoms with Crippen LogP contribution in [0.3, 0.4) is 0 Å². The first-order valence-corrected chi connectivity index (χ1v) is 9.91. The molecule has 3 unspecified atom stereocenters. The molecule has 26 heavy (non-hydrogen) atoms. The fraction of sp³-hybridized carbons (Fsp3) is 0.474. The first kappa shape index (κ1) is 17.5. The maximum Gasteiger partial charge on any atom is 0.326 e. The van der Waals surface area contributed by atoms with Crippen LogP contribution in [0.15, 0.2) is 29.2 Å². The van der Waals surface area contributed by atoms with Crippen LogP contribution in [0.5, 0.6) is 0 Å². The zero-order chi connectivity index (χ0) is 18.3. The van der Waals surface area contributed by atoms with Crippen LogP contribution >= 0.6 is 11.3 Å². The van der Waals surface area contributed by atoms with Gasteiger partial charge in [0.25, 0.3) is 0 Å². The molecule has 0 fully saturated rings. The van der Waals surface area contributed by atoms with Crippen molar-refractivity contribution in [2.24, 2.45) is 0 Å². The van der Waals surface area contributed by atoms with Gasteiger partial charge in [0, 0.05) is 35.3 Å². The van der Waals surface area contributed by atoms with Crippen molar-refractivity contribution in [1.29, 1.82) is 0 Å². The van der Waals surface area contributed by atoms with Crippen molar-refractivity contribution >= 4 is 22.4 Å². The molecule has 0 bridgehead atoms. The standard InChI is InChI=1S/C19H24N4O2S/c1-11(6-7-13-10-20-12(2)26-13)21-16-8-9-23-17-14(18(16)24)4-3-5-15(17)22-19(23)25/h3-5,10-11,16,18,21,24H,6-9H2,1-2H3,(H,22,25). The zero-order valence-electron chi connectivity index (χ0n) is 15.0. The third kappa shape index (κ3) is 3.22. The van der Waals surface area contributed by atoms with E-state index < -0.39 is 6.10 Å². The van der Waals surface area contributed by atoms with Gasteiger partial charge in [-0.3, -0.25) is 4.57 Å². The Labute approximate surface area is 155 Å². The summed E-state index contributed by atoms with van der Waals surface area (Å²) >= 11 is 1.74. The largest absolute Gasteiger partial charge is 0.387 e. The van der Waals surface area contributed by atoms with Crippen molar-refractivity contribution in [3.05, 3.63) is 50.3 Å². The van der Waals surface area contributed by atoms with E-state index in [-0.39, 0.29) is 17.8 Å². The molecule has 3 heterocycles. The van der Waals surface area contributed by atoms with E-state index in [4.69, 9.17) is 0 Å². The average Bonchev–Trinajstić information content (AvgIpc) is 3.14. The van der Waals surface area contributed by atoms with Gasteiger partial charge >= 0.3 is 5.69 Å². The molecule has 0 spiro atoms. The summed E-state index contributed by atoms with van der Waals surface area (Å²) < 4.78 is 1.75. The topological polar surface area (TPSA) is 82.9 Å². The minimum Gasteiger partial charge on any atom is -0.387 e. The van der Waals surface area contributed by atoms with Gasteiger partial charge < -0.3 is 15.4 Å². The van der Waals surface area contributed by atoms with Gasteiger partial charge in [-0.2, -0.15) is 0 Å². The molecule has 2 aromatic heterocycles. The van der Waals surface area contributed by atoms with Gasteiger partial charge in [0.2, 0.25) is 0 Å². The van der Waals surface area contributed by atoms with E-state index in [2.05, 4.69) is 22.2 Å². The summed E-state index contributed by atoms with van der Waals surface area (Å²) in [5, 5.41) is 15.6. The number of thiazole rings is 1. The lowest BCUT2D eigenvalue weighted by Gasteiger charge is -2.26. The van der Waals surface area contributed by atoms with Crippen molar-refractivity contribution in [1.82, 2.24) is 19.9 Å². The van der Waals surface area contributed by atoms with E-state index in [9.17, 15) is 9.90 Å². The molecule has 0 saturated heterocycles. The highest BCUT2D eigenvalue weighted by Crippen LogP contribution is 2.30. The third-order valence-corrected chi connectivity index (χ3v) is 6.15. The molecule has 1 aliphatic heterocycles. The lowest BCUT2D eigenvalue weighted by Crippen LogP contribution is -2.41. The van der Waals surface area contributed by atoms with Crippen LogP contribution in [0.25, 0.3) is 11.0 Å². The molecule has 1 aliphatic rings. The summed E-state index contributed by atoms with van der Waals surface area (Å²) in [5.41, 5.74) is 2.35. The number of nitrogens with one attached hydrogen (secondary N) is 2. The van der Waals surface area contributed by atoms with Crippen LogP contribution in [0.4, 0.5) is 0 Å². The number of hydrogen-bond acceptors (Lipinski definition) is 5. The second-order valence-electron chi connectivity index (χ2n) is 7.12. The van der Waals surface area contributed by atoms with Crippen molar-refractivity contribution < 1.29 is 5.11 Å². The Balaban J connectivity index is 1.49. The van der Waals surface area contributed by atoms with E-state index in [0.29, 0.717) is 13.0 Å². The molecule has 3 atom stereocenters. The summed E-state index contributed by atoms with van der Waals surface area (Å²) in [6.45, 7) is 4.78. The normalized spacial score (nSPS) is 21.0. The highest BCUT2D eigenvalue weighted by atomic mass is 32.1. The Bertz CT molecular complexity index is 973. The Morgan fingerprint density at radius 1 is 1.50 bits per heavy atom. The number of imidazole rings is 1. The number of aromatic amines is 1. The van der Waals surface area contributed by atoms with Gasteiger partial charge in [0.15, 0.2) is 0 Å². The molecular weight excluding hydrogens is 348 g/mol. The second kappa shape index (κ2) is 6.98. The molecule has 138 valence electrons. The van der Waals surface area contributed by atoms with Gasteiger partial charge in [0.1, 0.15) is 0 Å². The third-order valence-electron chi connectivity index (χ3n) is 5.18. The SMILES string of the molecule is Cc1ncc(CCC(C)NC2CCn3c(=O)[nH]c4cccc(c43)C2O)s1. The first-order chi connectivity index (χ1) is 12.5. The molecule has 0 radical (unpaired) electrons. The van der Waals surface area contributed by atoms with Gasteiger partial charge in [-0.1, -0.05) is 12.1 Å². The Kier molecular flexibility index (Phi) is 4.69. The number of aryl methyl sites for hydroxylation is 3. The molecule has 3 aromatic rings. The Morgan fingerprint density at radius 3 is 3.12 bits per heavy atom. The highest BCUT2D eigenvalue weighted by molar-refractivity contribution is 7.11. The molecular formula is C19H24N4O2S. The molecule has 3 N–H and O–H groups in total. The summed E-state index contributed by atoms with van der Waals surface area (Å²) in [6, 6.07) is 5.89. The highest BCUT2D eigenvalue weighted by Gasteiger charge is 2.29. The predicted molar refractivity (Wildman–Crippen MR) is 104 cm³/mol. The van der Waals surface area contributed by atoms with Crippen LogP contribution in [0.2, 0.25) is 0 Å². The van der Waals surface area contributed by atoms with E-state index in [1.165, 1.54) is 4.88 Å². The Morgan fingerprint density at radius 2 is 2.35 bits per heavy atom. The number of para-hydroxylation sites is 1. The fourth-order valence-electron chi connectivity index (χ4n) is 3.85. The number of H-pyrrole nitrogens is 1. The minimum atomic E-state index is -0.629. The van der Waals surface area contributed by atoms with Crippen LogP contribution in [0.1, 0.15) is 41.3 Å². The number of benzene rings is 1. The molecule has 0 aliphatic carbocycles. The van der Waals surface area contributed by atoms with E-state index in [0.717, 1.165) is 34.4 Å². The summed E-state index contributed by atoms with van der Waals surface area (Å²) in [7, 11) is 0. The van der Waals surface area contributed by atoms with Crippen molar-refractivity contribution in [3.8, 4) is 0 Å². The minimum absolute atomic E-state index is 0.0712. The molecule has 1 aromatic carbocycles. The summed E-state index contributed by atoms with van der Waals surface area (Å²) in [4.78, 5) is 20.7. The lowest BCUT2D eigenvalue weighted by atomic mass is 9.98. The van der Waals surface area contributed by atoms with Crippen LogP contribution in [-0.4, -0.2) is 31.7 Å². The van der Waals surface area contributed by atoms with Gasteiger partial charge in [0.05, 0.1) is 22.1 Å². The van der Waals surface area contributed by atoms with E-state index in [1.807, 2.05) is 31.3 Å². The number of aliphatic hydroxyl groups is 1. The number of rotatable bonds is 5. The Hall–Kier alpha value is -1.96. The number of aliphatic hydroxyl groups excluding tert-OH is 1. The van der Waals surface area contributed by atoms with Crippen molar-refractivity contribution in [3.63, 3.8) is 0 Å². The predicted octanol–water partition coefficient (Wildman–Crippen LogP) is 2.51. The van der Waals surface area contributed by atoms with E-state index >= 15 is 0 Å². The molecule has 7 heteroatoms. The van der Waals surface area contributed by atoms with Crippen molar-refractivity contribution in [2.45, 2.75) is 57.8 Å². The van der Waals surface area contributed by atoms with Crippen LogP contribution in [0, 0.1) is 6.92 Å². The lowest BCUT2D eigenvalue weighted by molar-refractivity contribution is 0.119. The summed E-state index contributed by atoms with van der Waals surface area (Å²) in [6.07, 6.45) is 4.01. The smallest absolute Gasteiger partial charge is 0.326 e. The molecule has 4 rings (SSSR count). The zero-order valence-corrected chi connectivity index (χ0v) is 15.8. The van der Waals surface area contributed by atoms with Crippen molar-refractivity contribution in [2.75, 3.05) is 0 Å².